The number of para-hydroxylation sites is 1. The van der Waals surface area contributed by atoms with Crippen LogP contribution in [0, 0.1) is 23.7 Å². The van der Waals surface area contributed by atoms with Gasteiger partial charge in [-0.3, -0.25) is 0 Å². The smallest absolute Gasteiger partial charge is 0.122 e. The molecule has 0 bridgehead atoms. The third kappa shape index (κ3) is 3.41. The fourth-order valence-corrected chi connectivity index (χ4v) is 3.20. The zero-order valence-electron chi connectivity index (χ0n) is 13.9. The second-order valence-electron chi connectivity index (χ2n) is 7.38. The van der Waals surface area contributed by atoms with Crippen LogP contribution in [0.3, 0.4) is 0 Å². The minimum absolute atomic E-state index is 0.329. The Morgan fingerprint density at radius 3 is 2.38 bits per heavy atom. The number of nitrogens with one attached hydrogen (secondary N) is 1. The lowest BCUT2D eigenvalue weighted by molar-refractivity contribution is 0.105. The maximum Gasteiger partial charge on any atom is 0.122 e. The molecule has 3 nitrogen and oxygen atoms in total. The van der Waals surface area contributed by atoms with Gasteiger partial charge in [0, 0.05) is 6.54 Å². The van der Waals surface area contributed by atoms with Crippen LogP contribution >= 0.6 is 0 Å². The van der Waals surface area contributed by atoms with E-state index < -0.39 is 6.10 Å². The lowest BCUT2D eigenvalue weighted by Crippen LogP contribution is -2.33. The van der Waals surface area contributed by atoms with Gasteiger partial charge in [-0.25, -0.2) is 0 Å². The fraction of sp³-hybridized carbons (Fsp3) is 0.667. The Kier molecular flexibility index (Phi) is 4.64. The first-order valence-corrected chi connectivity index (χ1v) is 7.84. The molecule has 1 aromatic carbocycles. The molecule has 2 rings (SSSR count). The van der Waals surface area contributed by atoms with E-state index in [1.165, 1.54) is 0 Å². The highest BCUT2D eigenvalue weighted by atomic mass is 16.5. The highest BCUT2D eigenvalue weighted by Gasteiger charge is 2.63. The zero-order valence-corrected chi connectivity index (χ0v) is 13.9. The maximum absolute atomic E-state index is 10.0. The van der Waals surface area contributed by atoms with E-state index >= 15 is 0 Å². The van der Waals surface area contributed by atoms with E-state index in [2.05, 4.69) is 33.0 Å². The number of hydrogen-bond acceptors (Lipinski definition) is 3. The second-order valence-corrected chi connectivity index (χ2v) is 7.38. The Hall–Kier alpha value is -1.06. The molecule has 2 N–H and O–H groups in total. The largest absolute Gasteiger partial charge is 0.491 e. The van der Waals surface area contributed by atoms with E-state index in [1.807, 2.05) is 31.2 Å². The van der Waals surface area contributed by atoms with Crippen LogP contribution in [-0.2, 0) is 0 Å². The molecule has 118 valence electrons. The van der Waals surface area contributed by atoms with Gasteiger partial charge in [0.2, 0.25) is 0 Å². The molecule has 0 heterocycles. The van der Waals surface area contributed by atoms with Gasteiger partial charge in [-0.15, -0.1) is 0 Å². The molecule has 1 aromatic rings. The Bertz CT molecular complexity index is 468. The first-order valence-electron chi connectivity index (χ1n) is 7.84. The number of rotatable bonds is 7. The van der Waals surface area contributed by atoms with Gasteiger partial charge in [0.1, 0.15) is 18.5 Å². The van der Waals surface area contributed by atoms with Crippen LogP contribution in [0.5, 0.6) is 5.75 Å². The van der Waals surface area contributed by atoms with Gasteiger partial charge in [-0.1, -0.05) is 45.9 Å². The molecular weight excluding hydrogens is 262 g/mol. The molecule has 21 heavy (non-hydrogen) atoms. The topological polar surface area (TPSA) is 41.5 Å². The summed E-state index contributed by atoms with van der Waals surface area (Å²) in [6.07, 6.45) is -0.477. The van der Waals surface area contributed by atoms with Crippen molar-refractivity contribution in [1.29, 1.82) is 0 Å². The van der Waals surface area contributed by atoms with Crippen molar-refractivity contribution in [1.82, 2.24) is 5.32 Å². The molecule has 1 saturated carbocycles. The third-order valence-electron chi connectivity index (χ3n) is 5.57. The van der Waals surface area contributed by atoms with Gasteiger partial charge >= 0.3 is 0 Å². The second kappa shape index (κ2) is 5.98. The minimum atomic E-state index is -0.477. The van der Waals surface area contributed by atoms with Gasteiger partial charge in [-0.05, 0) is 41.8 Å². The lowest BCUT2D eigenvalue weighted by atomic mass is 10.0. The predicted octanol–water partition coefficient (Wildman–Crippen LogP) is 3.01. The van der Waals surface area contributed by atoms with Gasteiger partial charge in [0.25, 0.3) is 0 Å². The van der Waals surface area contributed by atoms with Crippen molar-refractivity contribution < 1.29 is 9.84 Å². The molecule has 1 fully saturated rings. The van der Waals surface area contributed by atoms with Crippen LogP contribution in [0.15, 0.2) is 24.3 Å². The van der Waals surface area contributed by atoms with Gasteiger partial charge in [-0.2, -0.15) is 0 Å². The van der Waals surface area contributed by atoms with Crippen molar-refractivity contribution in [2.24, 2.45) is 16.7 Å². The normalized spacial score (nSPS) is 21.0. The van der Waals surface area contributed by atoms with Crippen molar-refractivity contribution in [2.75, 3.05) is 19.7 Å². The number of aryl methyl sites for hydroxylation is 1. The molecular formula is C18H29NO2. The first-order chi connectivity index (χ1) is 9.76. The van der Waals surface area contributed by atoms with E-state index in [9.17, 15) is 5.11 Å². The van der Waals surface area contributed by atoms with Crippen molar-refractivity contribution in [2.45, 2.75) is 40.7 Å². The van der Waals surface area contributed by atoms with Crippen LogP contribution < -0.4 is 10.1 Å². The Morgan fingerprint density at radius 2 is 1.81 bits per heavy atom. The molecule has 1 aliphatic carbocycles. The van der Waals surface area contributed by atoms with Gasteiger partial charge in [0.05, 0.1) is 0 Å². The first kappa shape index (κ1) is 16.3. The SMILES string of the molecule is Cc1ccccc1OCC(O)CNCC1C(C)(C)C1(C)C. The quantitative estimate of drug-likeness (QED) is 0.811. The summed E-state index contributed by atoms with van der Waals surface area (Å²) >= 11 is 0. The van der Waals surface area contributed by atoms with E-state index in [0.717, 1.165) is 17.9 Å². The highest BCUT2D eigenvalue weighted by Crippen LogP contribution is 2.67. The summed E-state index contributed by atoms with van der Waals surface area (Å²) < 4.78 is 5.66. The summed E-state index contributed by atoms with van der Waals surface area (Å²) in [6.45, 7) is 13.1. The Labute approximate surface area is 128 Å². The van der Waals surface area contributed by atoms with Crippen LogP contribution in [-0.4, -0.2) is 30.9 Å². The van der Waals surface area contributed by atoms with Gasteiger partial charge in [0.15, 0.2) is 0 Å². The monoisotopic (exact) mass is 291 g/mol. The van der Waals surface area contributed by atoms with Crippen LogP contribution in [0.4, 0.5) is 0 Å². The summed E-state index contributed by atoms with van der Waals surface area (Å²) in [7, 11) is 0. The van der Waals surface area contributed by atoms with Crippen molar-refractivity contribution in [3.8, 4) is 5.75 Å². The minimum Gasteiger partial charge on any atom is -0.491 e. The van der Waals surface area contributed by atoms with Crippen LogP contribution in [0.1, 0.15) is 33.3 Å². The maximum atomic E-state index is 10.0. The third-order valence-corrected chi connectivity index (χ3v) is 5.57. The van der Waals surface area contributed by atoms with E-state index in [0.29, 0.717) is 29.9 Å². The molecule has 0 spiro atoms. The molecule has 0 saturated heterocycles. The van der Waals surface area contributed by atoms with E-state index in [4.69, 9.17) is 4.74 Å². The highest BCUT2D eigenvalue weighted by molar-refractivity contribution is 5.31. The summed E-state index contributed by atoms with van der Waals surface area (Å²) in [5, 5.41) is 13.4. The van der Waals surface area contributed by atoms with Crippen LogP contribution in [0.2, 0.25) is 0 Å². The van der Waals surface area contributed by atoms with Crippen molar-refractivity contribution in [3.63, 3.8) is 0 Å². The summed E-state index contributed by atoms with van der Waals surface area (Å²) in [4.78, 5) is 0. The summed E-state index contributed by atoms with van der Waals surface area (Å²) in [6, 6.07) is 7.88. The molecule has 1 unspecified atom stereocenters. The number of ether oxygens (including phenoxy) is 1. The molecule has 3 heteroatoms. The molecule has 0 radical (unpaired) electrons. The molecule has 0 amide bonds. The lowest BCUT2D eigenvalue weighted by Gasteiger charge is -2.15. The molecule has 1 aliphatic rings. The predicted molar refractivity (Wildman–Crippen MR) is 86.6 cm³/mol. The summed E-state index contributed by atoms with van der Waals surface area (Å²) in [5.41, 5.74) is 1.88. The van der Waals surface area contributed by atoms with Gasteiger partial charge < -0.3 is 15.2 Å². The average Bonchev–Trinajstić information content (AvgIpc) is 2.80. The standard InChI is InChI=1S/C18H29NO2/c1-13-8-6-7-9-15(13)21-12-14(20)10-19-11-16-17(2,3)18(16,4)5/h6-9,14,16,19-20H,10-12H2,1-5H3. The molecule has 1 atom stereocenters. The van der Waals surface area contributed by atoms with E-state index in [1.54, 1.807) is 0 Å². The zero-order chi connectivity index (χ0) is 15.7. The summed E-state index contributed by atoms with van der Waals surface area (Å²) in [5.74, 6) is 1.52. The number of aliphatic hydroxyl groups excluding tert-OH is 1. The fourth-order valence-electron chi connectivity index (χ4n) is 3.20. The van der Waals surface area contributed by atoms with E-state index in [-0.39, 0.29) is 0 Å². The number of aliphatic hydroxyl groups is 1. The molecule has 0 aliphatic heterocycles. The Balaban J connectivity index is 1.67. The van der Waals surface area contributed by atoms with Crippen LogP contribution in [0.25, 0.3) is 0 Å². The number of benzene rings is 1. The van der Waals surface area contributed by atoms with Crippen molar-refractivity contribution in [3.05, 3.63) is 29.8 Å². The Morgan fingerprint density at radius 1 is 1.19 bits per heavy atom. The van der Waals surface area contributed by atoms with Crippen molar-refractivity contribution >= 4 is 0 Å². The number of hydrogen-bond donors (Lipinski definition) is 2. The molecule has 0 aromatic heterocycles. The average molecular weight is 291 g/mol.